The van der Waals surface area contributed by atoms with Gasteiger partial charge in [0, 0.05) is 18.5 Å². The molecular formula is C30H35N3O8. The van der Waals surface area contributed by atoms with Gasteiger partial charge in [0.25, 0.3) is 0 Å². The van der Waals surface area contributed by atoms with E-state index in [4.69, 9.17) is 29.8 Å². The average molecular weight is 566 g/mol. The van der Waals surface area contributed by atoms with E-state index in [-0.39, 0.29) is 30.5 Å². The third-order valence-corrected chi connectivity index (χ3v) is 5.47. The van der Waals surface area contributed by atoms with Crippen molar-refractivity contribution in [3.8, 4) is 17.2 Å². The second kappa shape index (κ2) is 16.9. The van der Waals surface area contributed by atoms with Gasteiger partial charge in [-0.3, -0.25) is 9.78 Å². The molecule has 11 heteroatoms. The van der Waals surface area contributed by atoms with Crippen molar-refractivity contribution in [2.24, 2.45) is 11.7 Å². The van der Waals surface area contributed by atoms with Crippen LogP contribution in [0.25, 0.3) is 12.2 Å². The minimum absolute atomic E-state index is 0.0137. The molecule has 1 aromatic heterocycles. The van der Waals surface area contributed by atoms with Crippen molar-refractivity contribution in [3.05, 3.63) is 83.7 Å². The van der Waals surface area contributed by atoms with Crippen LogP contribution in [0.5, 0.6) is 17.2 Å². The van der Waals surface area contributed by atoms with E-state index in [9.17, 15) is 14.4 Å². The standard InChI is InChI=1S/C24H30N2O6.C6H5NO2/c1-16(2)22(25)23(27)26-11-12-31-24(28)32-19-9-7-17(8-10-19)5-6-18-13-20(29-3)15-21(14-18)30-4;8-6(9)5-2-1-3-7-4-5/h5-10,13-16,22H,11-12,25H2,1-4H3,(H,26,27);1-4H,(H,8,9). The number of aromatic carboxylic acids is 1. The van der Waals surface area contributed by atoms with E-state index >= 15 is 0 Å². The summed E-state index contributed by atoms with van der Waals surface area (Å²) in [5, 5.41) is 11.0. The van der Waals surface area contributed by atoms with Gasteiger partial charge in [0.15, 0.2) is 0 Å². The summed E-state index contributed by atoms with van der Waals surface area (Å²) in [5.41, 5.74) is 7.79. The fraction of sp³-hybridized carbons (Fsp3) is 0.267. The number of amides is 1. The lowest BCUT2D eigenvalue weighted by atomic mass is 10.1. The van der Waals surface area contributed by atoms with Crippen LogP contribution in [0.2, 0.25) is 0 Å². The third kappa shape index (κ3) is 11.8. The molecule has 0 saturated heterocycles. The number of carbonyl (C=O) groups is 3. The van der Waals surface area contributed by atoms with Crippen molar-refractivity contribution in [3.63, 3.8) is 0 Å². The average Bonchev–Trinajstić information content (AvgIpc) is 2.98. The molecule has 0 aliphatic rings. The van der Waals surface area contributed by atoms with E-state index in [0.29, 0.717) is 17.2 Å². The Hall–Kier alpha value is -4.90. The number of ether oxygens (including phenoxy) is 4. The lowest BCUT2D eigenvalue weighted by molar-refractivity contribution is -0.123. The Morgan fingerprint density at radius 2 is 1.59 bits per heavy atom. The Kier molecular flexibility index (Phi) is 13.3. The Morgan fingerprint density at radius 3 is 2.10 bits per heavy atom. The van der Waals surface area contributed by atoms with Crippen LogP contribution in [0.15, 0.2) is 67.0 Å². The predicted octanol–water partition coefficient (Wildman–Crippen LogP) is 4.27. The van der Waals surface area contributed by atoms with Gasteiger partial charge in [0.2, 0.25) is 5.91 Å². The van der Waals surface area contributed by atoms with Gasteiger partial charge in [0.1, 0.15) is 23.9 Å². The first-order chi connectivity index (χ1) is 19.6. The number of aromatic nitrogens is 1. The highest BCUT2D eigenvalue weighted by molar-refractivity contribution is 5.87. The van der Waals surface area contributed by atoms with Crippen LogP contribution < -0.4 is 25.3 Å². The van der Waals surface area contributed by atoms with Crippen LogP contribution in [0.3, 0.4) is 0 Å². The van der Waals surface area contributed by atoms with Crippen molar-refractivity contribution in [2.45, 2.75) is 19.9 Å². The lowest BCUT2D eigenvalue weighted by Gasteiger charge is -2.15. The van der Waals surface area contributed by atoms with E-state index < -0.39 is 18.2 Å². The molecular weight excluding hydrogens is 530 g/mol. The molecule has 41 heavy (non-hydrogen) atoms. The maximum absolute atomic E-state index is 11.8. The highest BCUT2D eigenvalue weighted by Gasteiger charge is 2.16. The summed E-state index contributed by atoms with van der Waals surface area (Å²) in [6.07, 6.45) is 5.84. The molecule has 0 saturated carbocycles. The number of carboxylic acid groups (broad SMARTS) is 1. The predicted molar refractivity (Wildman–Crippen MR) is 154 cm³/mol. The second-order valence-electron chi connectivity index (χ2n) is 8.86. The Morgan fingerprint density at radius 1 is 0.951 bits per heavy atom. The van der Waals surface area contributed by atoms with Gasteiger partial charge in [-0.05, 0) is 53.4 Å². The number of hydrogen-bond acceptors (Lipinski definition) is 9. The maximum atomic E-state index is 11.8. The first-order valence-electron chi connectivity index (χ1n) is 12.6. The zero-order valence-electron chi connectivity index (χ0n) is 23.4. The monoisotopic (exact) mass is 565 g/mol. The summed E-state index contributed by atoms with van der Waals surface area (Å²) in [7, 11) is 3.20. The fourth-order valence-electron chi connectivity index (χ4n) is 3.11. The number of carboxylic acids is 1. The van der Waals surface area contributed by atoms with Gasteiger partial charge in [-0.25, -0.2) is 9.59 Å². The summed E-state index contributed by atoms with van der Waals surface area (Å²) < 4.78 is 20.6. The van der Waals surface area contributed by atoms with Gasteiger partial charge in [-0.1, -0.05) is 38.1 Å². The minimum Gasteiger partial charge on any atom is -0.497 e. The number of nitrogens with zero attached hydrogens (tertiary/aromatic N) is 1. The Bertz CT molecular complexity index is 1270. The van der Waals surface area contributed by atoms with Crippen LogP contribution in [0, 0.1) is 5.92 Å². The molecule has 0 aliphatic carbocycles. The van der Waals surface area contributed by atoms with Crippen molar-refractivity contribution < 1.29 is 38.4 Å². The van der Waals surface area contributed by atoms with Crippen LogP contribution in [-0.2, 0) is 9.53 Å². The van der Waals surface area contributed by atoms with Crippen molar-refractivity contribution in [1.29, 1.82) is 0 Å². The smallest absolute Gasteiger partial charge is 0.497 e. The minimum atomic E-state index is -0.942. The van der Waals surface area contributed by atoms with Crippen LogP contribution in [0.4, 0.5) is 4.79 Å². The van der Waals surface area contributed by atoms with Crippen LogP contribution in [0.1, 0.15) is 35.3 Å². The van der Waals surface area contributed by atoms with Gasteiger partial charge in [0.05, 0.1) is 32.4 Å². The van der Waals surface area contributed by atoms with Crippen LogP contribution in [-0.4, -0.2) is 61.5 Å². The largest absolute Gasteiger partial charge is 0.513 e. The second-order valence-corrected chi connectivity index (χ2v) is 8.86. The van der Waals surface area contributed by atoms with Gasteiger partial charge in [-0.2, -0.15) is 0 Å². The molecule has 218 valence electrons. The molecule has 1 heterocycles. The van der Waals surface area contributed by atoms with E-state index in [1.54, 1.807) is 38.5 Å². The number of nitrogens with one attached hydrogen (secondary N) is 1. The quantitative estimate of drug-likeness (QED) is 0.133. The number of benzene rings is 2. The molecule has 0 bridgehead atoms. The molecule has 0 spiro atoms. The number of nitrogens with two attached hydrogens (primary N) is 1. The number of hydrogen-bond donors (Lipinski definition) is 3. The van der Waals surface area contributed by atoms with Crippen molar-refractivity contribution in [1.82, 2.24) is 10.3 Å². The molecule has 2 aromatic carbocycles. The molecule has 0 radical (unpaired) electrons. The van der Waals surface area contributed by atoms with E-state index in [1.165, 1.54) is 18.5 Å². The van der Waals surface area contributed by atoms with Gasteiger partial charge >= 0.3 is 12.1 Å². The molecule has 11 nitrogen and oxygen atoms in total. The first kappa shape index (κ1) is 32.3. The molecule has 3 aromatic rings. The Balaban J connectivity index is 0.000000553. The third-order valence-electron chi connectivity index (χ3n) is 5.47. The number of carbonyl (C=O) groups excluding carboxylic acids is 2. The molecule has 1 amide bonds. The Labute approximate surface area is 238 Å². The van der Waals surface area contributed by atoms with Crippen molar-refractivity contribution in [2.75, 3.05) is 27.4 Å². The SMILES string of the molecule is COc1cc(C=Cc2ccc(OC(=O)OCCNC(=O)C(N)C(C)C)cc2)cc(OC)c1.O=C(O)c1cccnc1. The zero-order valence-corrected chi connectivity index (χ0v) is 23.4. The van der Waals surface area contributed by atoms with Crippen LogP contribution >= 0.6 is 0 Å². The van der Waals surface area contributed by atoms with Crippen molar-refractivity contribution >= 4 is 30.2 Å². The number of methoxy groups -OCH3 is 2. The molecule has 0 aliphatic heterocycles. The van der Waals surface area contributed by atoms with E-state index in [2.05, 4.69) is 10.3 Å². The molecule has 1 atom stereocenters. The van der Waals surface area contributed by atoms with E-state index in [1.807, 2.05) is 50.3 Å². The topological polar surface area (TPSA) is 159 Å². The summed E-state index contributed by atoms with van der Waals surface area (Å²) >= 11 is 0. The van der Waals surface area contributed by atoms with Gasteiger partial charge in [-0.15, -0.1) is 0 Å². The highest BCUT2D eigenvalue weighted by atomic mass is 16.7. The zero-order chi connectivity index (χ0) is 30.2. The number of rotatable bonds is 11. The summed E-state index contributed by atoms with van der Waals surface area (Å²) in [6, 6.07) is 15.0. The molecule has 0 fully saturated rings. The molecule has 1 unspecified atom stereocenters. The van der Waals surface area contributed by atoms with Gasteiger partial charge < -0.3 is 35.1 Å². The lowest BCUT2D eigenvalue weighted by Crippen LogP contribution is -2.45. The number of pyridine rings is 1. The molecule has 4 N–H and O–H groups in total. The van der Waals surface area contributed by atoms with E-state index in [0.717, 1.165) is 11.1 Å². The summed E-state index contributed by atoms with van der Waals surface area (Å²) in [5.74, 6) is 0.552. The molecule has 3 rings (SSSR count). The first-order valence-corrected chi connectivity index (χ1v) is 12.6. The fourth-order valence-corrected chi connectivity index (χ4v) is 3.11. The maximum Gasteiger partial charge on any atom is 0.513 e. The normalized spacial score (nSPS) is 11.2. The summed E-state index contributed by atoms with van der Waals surface area (Å²) in [4.78, 5) is 37.3. The highest BCUT2D eigenvalue weighted by Crippen LogP contribution is 2.24. The summed E-state index contributed by atoms with van der Waals surface area (Å²) in [6.45, 7) is 3.86.